The second-order valence-electron chi connectivity index (χ2n) is 4.94. The molecule has 2 N–H and O–H groups in total. The Morgan fingerprint density at radius 1 is 1.20 bits per heavy atom. The normalized spacial score (nSPS) is 31.8. The summed E-state index contributed by atoms with van der Waals surface area (Å²) in [4.78, 5) is 2.66. The predicted octanol–water partition coefficient (Wildman–Crippen LogP) is 0.975. The molecule has 2 unspecified atom stereocenters. The van der Waals surface area contributed by atoms with Crippen LogP contribution in [0.2, 0.25) is 0 Å². The van der Waals surface area contributed by atoms with Crippen LogP contribution in [0.15, 0.2) is 0 Å². The van der Waals surface area contributed by atoms with Crippen LogP contribution in [-0.2, 0) is 0 Å². The molecule has 0 bridgehead atoms. The van der Waals surface area contributed by atoms with Crippen molar-refractivity contribution in [1.29, 1.82) is 0 Å². The maximum absolute atomic E-state index is 8.69. The molecule has 0 amide bonds. The molecule has 3 nitrogen and oxygen atoms in total. The molecule has 2 saturated heterocycles. The summed E-state index contributed by atoms with van der Waals surface area (Å²) in [5, 5.41) is 12.3. The zero-order valence-corrected chi connectivity index (χ0v) is 9.62. The van der Waals surface area contributed by atoms with Crippen LogP contribution in [0.1, 0.15) is 38.5 Å². The molecule has 2 rings (SSSR count). The van der Waals surface area contributed by atoms with Gasteiger partial charge < -0.3 is 15.3 Å². The zero-order valence-electron chi connectivity index (χ0n) is 9.62. The van der Waals surface area contributed by atoms with Crippen LogP contribution in [0.4, 0.5) is 0 Å². The summed E-state index contributed by atoms with van der Waals surface area (Å²) in [5.41, 5.74) is 0. The maximum Gasteiger partial charge on any atom is 0.0431 e. The molecule has 2 fully saturated rings. The van der Waals surface area contributed by atoms with Gasteiger partial charge in [0.2, 0.25) is 0 Å². The van der Waals surface area contributed by atoms with E-state index in [0.717, 1.165) is 31.5 Å². The molecule has 3 heteroatoms. The Bertz CT molecular complexity index is 186. The Balaban J connectivity index is 1.62. The first-order valence-corrected chi connectivity index (χ1v) is 6.48. The Labute approximate surface area is 92.8 Å². The molecule has 0 spiro atoms. The smallest absolute Gasteiger partial charge is 0.0431 e. The fraction of sp³-hybridized carbons (Fsp3) is 1.00. The third-order valence-corrected chi connectivity index (χ3v) is 3.84. The van der Waals surface area contributed by atoms with Crippen molar-refractivity contribution < 1.29 is 5.11 Å². The largest absolute Gasteiger partial charge is 0.396 e. The lowest BCUT2D eigenvalue weighted by atomic mass is 9.97. The second kappa shape index (κ2) is 5.83. The van der Waals surface area contributed by atoms with E-state index in [0.29, 0.717) is 6.61 Å². The summed E-state index contributed by atoms with van der Waals surface area (Å²) < 4.78 is 0. The minimum absolute atomic E-state index is 0.336. The minimum Gasteiger partial charge on any atom is -0.396 e. The van der Waals surface area contributed by atoms with Crippen LogP contribution in [0.3, 0.4) is 0 Å². The van der Waals surface area contributed by atoms with E-state index in [1.807, 2.05) is 0 Å². The lowest BCUT2D eigenvalue weighted by Gasteiger charge is -2.35. The van der Waals surface area contributed by atoms with Crippen LogP contribution >= 0.6 is 0 Å². The average molecular weight is 212 g/mol. The van der Waals surface area contributed by atoms with Crippen molar-refractivity contribution in [3.05, 3.63) is 0 Å². The number of fused-ring (bicyclic) bond motifs is 1. The number of rotatable bonds is 5. The van der Waals surface area contributed by atoms with Gasteiger partial charge in [0, 0.05) is 18.7 Å². The number of hydrogen-bond acceptors (Lipinski definition) is 3. The molecule has 88 valence electrons. The quantitative estimate of drug-likeness (QED) is 0.667. The van der Waals surface area contributed by atoms with Gasteiger partial charge in [-0.3, -0.25) is 0 Å². The van der Waals surface area contributed by atoms with Gasteiger partial charge in [0.15, 0.2) is 0 Å². The standard InChI is InChI=1S/C12H24N2O/c15-9-2-1-6-13-11-5-8-14-7-3-4-12(14)10-11/h11-13,15H,1-10H2. The van der Waals surface area contributed by atoms with Crippen LogP contribution < -0.4 is 5.32 Å². The maximum atomic E-state index is 8.69. The Kier molecular flexibility index (Phi) is 4.42. The van der Waals surface area contributed by atoms with Crippen LogP contribution in [0, 0.1) is 0 Å². The SMILES string of the molecule is OCCCCNC1CCN2CCCC2C1. The number of aliphatic hydroxyl groups excluding tert-OH is 1. The van der Waals surface area contributed by atoms with Gasteiger partial charge >= 0.3 is 0 Å². The van der Waals surface area contributed by atoms with E-state index in [2.05, 4.69) is 10.2 Å². The van der Waals surface area contributed by atoms with E-state index in [-0.39, 0.29) is 0 Å². The highest BCUT2D eigenvalue weighted by atomic mass is 16.2. The molecule has 0 aromatic rings. The van der Waals surface area contributed by atoms with E-state index in [9.17, 15) is 0 Å². The van der Waals surface area contributed by atoms with E-state index < -0.39 is 0 Å². The highest BCUT2D eigenvalue weighted by molar-refractivity contribution is 4.88. The van der Waals surface area contributed by atoms with E-state index >= 15 is 0 Å². The topological polar surface area (TPSA) is 35.5 Å². The third kappa shape index (κ3) is 3.16. The van der Waals surface area contributed by atoms with E-state index in [1.54, 1.807) is 0 Å². The lowest BCUT2D eigenvalue weighted by Crippen LogP contribution is -2.45. The van der Waals surface area contributed by atoms with Crippen molar-refractivity contribution in [2.24, 2.45) is 0 Å². The van der Waals surface area contributed by atoms with Gasteiger partial charge in [0.05, 0.1) is 0 Å². The first kappa shape index (κ1) is 11.4. The molecule has 15 heavy (non-hydrogen) atoms. The highest BCUT2D eigenvalue weighted by Crippen LogP contribution is 2.26. The first-order valence-electron chi connectivity index (χ1n) is 6.48. The van der Waals surface area contributed by atoms with Gasteiger partial charge in [-0.25, -0.2) is 0 Å². The summed E-state index contributed by atoms with van der Waals surface area (Å²) >= 11 is 0. The molecular weight excluding hydrogens is 188 g/mol. The Morgan fingerprint density at radius 3 is 3.00 bits per heavy atom. The molecule has 0 aromatic heterocycles. The first-order chi connectivity index (χ1) is 7.40. The Morgan fingerprint density at radius 2 is 2.13 bits per heavy atom. The van der Waals surface area contributed by atoms with E-state index in [4.69, 9.17) is 5.11 Å². The molecular formula is C12H24N2O. The van der Waals surface area contributed by atoms with Crippen LogP contribution in [0.5, 0.6) is 0 Å². The number of nitrogens with zero attached hydrogens (tertiary/aromatic N) is 1. The van der Waals surface area contributed by atoms with Crippen molar-refractivity contribution in [1.82, 2.24) is 10.2 Å². The van der Waals surface area contributed by atoms with Crippen molar-refractivity contribution >= 4 is 0 Å². The van der Waals surface area contributed by atoms with Gasteiger partial charge in [-0.05, 0) is 58.2 Å². The average Bonchev–Trinajstić information content (AvgIpc) is 2.71. The molecule has 0 aromatic carbocycles. The van der Waals surface area contributed by atoms with Gasteiger partial charge in [-0.1, -0.05) is 0 Å². The zero-order chi connectivity index (χ0) is 10.5. The Hall–Kier alpha value is -0.120. The predicted molar refractivity (Wildman–Crippen MR) is 61.9 cm³/mol. The van der Waals surface area contributed by atoms with E-state index in [1.165, 1.54) is 38.8 Å². The lowest BCUT2D eigenvalue weighted by molar-refractivity contribution is 0.166. The highest BCUT2D eigenvalue weighted by Gasteiger charge is 2.31. The summed E-state index contributed by atoms with van der Waals surface area (Å²) in [6, 6.07) is 1.61. The monoisotopic (exact) mass is 212 g/mol. The molecule has 2 aliphatic rings. The van der Waals surface area contributed by atoms with Gasteiger partial charge in [0.1, 0.15) is 0 Å². The van der Waals surface area contributed by atoms with Crippen LogP contribution in [0.25, 0.3) is 0 Å². The summed E-state index contributed by atoms with van der Waals surface area (Å²) in [6.45, 7) is 4.05. The van der Waals surface area contributed by atoms with Gasteiger partial charge in [0.25, 0.3) is 0 Å². The summed E-state index contributed by atoms with van der Waals surface area (Å²) in [6.07, 6.45) is 7.53. The fourth-order valence-electron chi connectivity index (χ4n) is 2.95. The summed E-state index contributed by atoms with van der Waals surface area (Å²) in [7, 11) is 0. The number of piperidine rings is 1. The fourth-order valence-corrected chi connectivity index (χ4v) is 2.95. The molecule has 0 saturated carbocycles. The second-order valence-corrected chi connectivity index (χ2v) is 4.94. The number of unbranched alkanes of at least 4 members (excludes halogenated alkanes) is 1. The van der Waals surface area contributed by atoms with Crippen LogP contribution in [-0.4, -0.2) is 48.3 Å². The third-order valence-electron chi connectivity index (χ3n) is 3.84. The number of aliphatic hydroxyl groups is 1. The molecule has 0 radical (unpaired) electrons. The van der Waals surface area contributed by atoms with Crippen molar-refractivity contribution in [2.75, 3.05) is 26.2 Å². The molecule has 2 heterocycles. The number of hydrogen-bond donors (Lipinski definition) is 2. The number of nitrogens with one attached hydrogen (secondary N) is 1. The van der Waals surface area contributed by atoms with Crippen molar-refractivity contribution in [3.63, 3.8) is 0 Å². The molecule has 0 aliphatic carbocycles. The minimum atomic E-state index is 0.336. The molecule has 2 aliphatic heterocycles. The van der Waals surface area contributed by atoms with Crippen molar-refractivity contribution in [3.8, 4) is 0 Å². The molecule has 2 atom stereocenters. The van der Waals surface area contributed by atoms with Crippen molar-refractivity contribution in [2.45, 2.75) is 50.6 Å². The summed E-state index contributed by atoms with van der Waals surface area (Å²) in [5.74, 6) is 0. The van der Waals surface area contributed by atoms with Gasteiger partial charge in [-0.2, -0.15) is 0 Å². The van der Waals surface area contributed by atoms with Gasteiger partial charge in [-0.15, -0.1) is 0 Å².